The molecular formula is C27H35N3O5. The number of carbonyl (C=O) groups is 3. The Morgan fingerprint density at radius 1 is 0.943 bits per heavy atom. The minimum Gasteiger partial charge on any atom is -0.497 e. The van der Waals surface area contributed by atoms with E-state index >= 15 is 0 Å². The Morgan fingerprint density at radius 3 is 2.09 bits per heavy atom. The van der Waals surface area contributed by atoms with Crippen LogP contribution in [0.2, 0.25) is 0 Å². The van der Waals surface area contributed by atoms with E-state index in [1.54, 1.807) is 33.1 Å². The van der Waals surface area contributed by atoms with E-state index in [2.05, 4.69) is 16.0 Å². The van der Waals surface area contributed by atoms with Gasteiger partial charge in [-0.25, -0.2) is 0 Å². The lowest BCUT2D eigenvalue weighted by molar-refractivity contribution is -0.133. The SMILES string of the molecule is CCN[C@@H](C)C(=O)N[C@@H](Cc1ccc(OC)cc1)C(=O)N[C@@H](Cc1ccccc1)C(=O)[C@@]1(C)CO1. The van der Waals surface area contributed by atoms with Crippen LogP contribution >= 0.6 is 0 Å². The van der Waals surface area contributed by atoms with E-state index in [0.717, 1.165) is 11.1 Å². The van der Waals surface area contributed by atoms with Gasteiger partial charge in [0.1, 0.15) is 17.4 Å². The molecule has 1 aliphatic heterocycles. The summed E-state index contributed by atoms with van der Waals surface area (Å²) in [5.41, 5.74) is 0.888. The maximum absolute atomic E-state index is 13.5. The first-order valence-corrected chi connectivity index (χ1v) is 11.9. The Balaban J connectivity index is 1.80. The molecule has 8 heteroatoms. The van der Waals surface area contributed by atoms with Crippen molar-refractivity contribution >= 4 is 17.6 Å². The number of methoxy groups -OCH3 is 1. The van der Waals surface area contributed by atoms with Crippen LogP contribution in [0.25, 0.3) is 0 Å². The van der Waals surface area contributed by atoms with Crippen molar-refractivity contribution in [3.8, 4) is 5.75 Å². The third-order valence-corrected chi connectivity index (χ3v) is 6.15. The lowest BCUT2D eigenvalue weighted by Gasteiger charge is -2.25. The fourth-order valence-corrected chi connectivity index (χ4v) is 3.85. The van der Waals surface area contributed by atoms with E-state index < -0.39 is 29.6 Å². The Kier molecular flexibility index (Phi) is 9.01. The maximum atomic E-state index is 13.5. The van der Waals surface area contributed by atoms with Gasteiger partial charge in [-0.1, -0.05) is 49.4 Å². The van der Waals surface area contributed by atoms with Crippen molar-refractivity contribution < 1.29 is 23.9 Å². The molecule has 0 unspecified atom stereocenters. The van der Waals surface area contributed by atoms with Crippen molar-refractivity contribution in [2.75, 3.05) is 20.3 Å². The molecular weight excluding hydrogens is 446 g/mol. The molecule has 2 amide bonds. The number of ether oxygens (including phenoxy) is 2. The number of rotatable bonds is 13. The van der Waals surface area contributed by atoms with Crippen LogP contribution in [0.5, 0.6) is 5.75 Å². The first kappa shape index (κ1) is 26.4. The molecule has 0 saturated carbocycles. The molecule has 2 aromatic rings. The smallest absolute Gasteiger partial charge is 0.243 e. The van der Waals surface area contributed by atoms with Crippen LogP contribution in [0.1, 0.15) is 31.9 Å². The average molecular weight is 482 g/mol. The number of benzene rings is 2. The largest absolute Gasteiger partial charge is 0.497 e. The Labute approximate surface area is 206 Å². The number of amides is 2. The molecule has 3 N–H and O–H groups in total. The van der Waals surface area contributed by atoms with E-state index in [1.807, 2.05) is 49.4 Å². The number of carbonyl (C=O) groups excluding carboxylic acids is 3. The molecule has 4 atom stereocenters. The van der Waals surface area contributed by atoms with Crippen LogP contribution in [-0.2, 0) is 32.0 Å². The number of ketones is 1. The first-order valence-electron chi connectivity index (χ1n) is 11.9. The predicted octanol–water partition coefficient (Wildman–Crippen LogP) is 1.81. The average Bonchev–Trinajstić information content (AvgIpc) is 3.62. The Hall–Kier alpha value is -3.23. The maximum Gasteiger partial charge on any atom is 0.243 e. The van der Waals surface area contributed by atoms with Crippen LogP contribution in [0.4, 0.5) is 0 Å². The summed E-state index contributed by atoms with van der Waals surface area (Å²) in [4.78, 5) is 39.4. The number of Topliss-reactive ketones (excluding diaryl/α,β-unsaturated/α-hetero) is 1. The first-order chi connectivity index (χ1) is 16.8. The van der Waals surface area contributed by atoms with Crippen LogP contribution in [-0.4, -0.2) is 61.6 Å². The molecule has 1 heterocycles. The van der Waals surface area contributed by atoms with Gasteiger partial charge in [-0.2, -0.15) is 0 Å². The molecule has 8 nitrogen and oxygen atoms in total. The van der Waals surface area contributed by atoms with Gasteiger partial charge in [0.2, 0.25) is 11.8 Å². The minimum absolute atomic E-state index is 0.176. The lowest BCUT2D eigenvalue weighted by atomic mass is 9.94. The summed E-state index contributed by atoms with van der Waals surface area (Å²) in [6.45, 7) is 6.34. The van der Waals surface area contributed by atoms with Gasteiger partial charge in [-0.15, -0.1) is 0 Å². The van der Waals surface area contributed by atoms with Crippen molar-refractivity contribution in [3.05, 3.63) is 65.7 Å². The summed E-state index contributed by atoms with van der Waals surface area (Å²) >= 11 is 0. The number of likely N-dealkylation sites (N-methyl/N-ethyl adjacent to an activating group) is 1. The van der Waals surface area contributed by atoms with E-state index in [0.29, 0.717) is 25.3 Å². The quantitative estimate of drug-likeness (QED) is 0.377. The van der Waals surface area contributed by atoms with E-state index in [-0.39, 0.29) is 18.1 Å². The lowest BCUT2D eigenvalue weighted by Crippen LogP contribution is -2.56. The standard InChI is InChI=1S/C27H35N3O5/c1-5-28-18(2)25(32)30-23(16-20-11-13-21(34-4)14-12-20)26(33)29-22(24(31)27(3)17-35-27)15-19-9-7-6-8-10-19/h6-14,18,22-23,28H,5,15-17H2,1-4H3,(H,29,33)(H,30,32)/t18-,22-,23-,27+/m0/s1. The Bertz CT molecular complexity index is 1010. The number of hydrogen-bond donors (Lipinski definition) is 3. The van der Waals surface area contributed by atoms with Gasteiger partial charge in [0.25, 0.3) is 0 Å². The molecule has 188 valence electrons. The van der Waals surface area contributed by atoms with Crippen molar-refractivity contribution in [2.24, 2.45) is 0 Å². The van der Waals surface area contributed by atoms with Gasteiger partial charge in [0.05, 0.1) is 25.8 Å². The van der Waals surface area contributed by atoms with Gasteiger partial charge in [-0.3, -0.25) is 14.4 Å². The van der Waals surface area contributed by atoms with Crippen LogP contribution in [0, 0.1) is 0 Å². The monoisotopic (exact) mass is 481 g/mol. The predicted molar refractivity (Wildman–Crippen MR) is 133 cm³/mol. The van der Waals surface area contributed by atoms with E-state index in [4.69, 9.17) is 9.47 Å². The van der Waals surface area contributed by atoms with E-state index in [1.165, 1.54) is 0 Å². The summed E-state index contributed by atoms with van der Waals surface area (Å²) in [6.07, 6.45) is 0.599. The van der Waals surface area contributed by atoms with E-state index in [9.17, 15) is 14.4 Å². The van der Waals surface area contributed by atoms with Gasteiger partial charge in [0, 0.05) is 6.42 Å². The Morgan fingerprint density at radius 2 is 1.51 bits per heavy atom. The van der Waals surface area contributed by atoms with Crippen LogP contribution < -0.4 is 20.7 Å². The van der Waals surface area contributed by atoms with Crippen molar-refractivity contribution in [1.82, 2.24) is 16.0 Å². The third kappa shape index (κ3) is 7.37. The fourth-order valence-electron chi connectivity index (χ4n) is 3.85. The van der Waals surface area contributed by atoms with Crippen molar-refractivity contribution in [3.63, 3.8) is 0 Å². The second-order valence-electron chi connectivity index (χ2n) is 9.03. The normalized spacial score (nSPS) is 19.2. The highest BCUT2D eigenvalue weighted by molar-refractivity contribution is 5.98. The fraction of sp³-hybridized carbons (Fsp3) is 0.444. The topological polar surface area (TPSA) is 109 Å². The molecule has 0 aliphatic carbocycles. The van der Waals surface area contributed by atoms with Gasteiger partial charge in [0.15, 0.2) is 5.78 Å². The third-order valence-electron chi connectivity index (χ3n) is 6.15. The molecule has 2 aromatic carbocycles. The van der Waals surface area contributed by atoms with Gasteiger partial charge >= 0.3 is 0 Å². The zero-order chi connectivity index (χ0) is 25.4. The summed E-state index contributed by atoms with van der Waals surface area (Å²) in [5.74, 6) is -0.184. The highest BCUT2D eigenvalue weighted by Gasteiger charge is 2.50. The summed E-state index contributed by atoms with van der Waals surface area (Å²) in [6, 6.07) is 14.7. The molecule has 0 aromatic heterocycles. The zero-order valence-corrected chi connectivity index (χ0v) is 20.8. The molecule has 1 saturated heterocycles. The zero-order valence-electron chi connectivity index (χ0n) is 20.8. The highest BCUT2D eigenvalue weighted by Crippen LogP contribution is 2.29. The number of epoxide rings is 1. The second kappa shape index (κ2) is 12.0. The number of hydrogen-bond acceptors (Lipinski definition) is 6. The van der Waals surface area contributed by atoms with Crippen LogP contribution in [0.3, 0.4) is 0 Å². The van der Waals surface area contributed by atoms with Crippen molar-refractivity contribution in [1.29, 1.82) is 0 Å². The minimum atomic E-state index is -0.888. The molecule has 0 spiro atoms. The second-order valence-corrected chi connectivity index (χ2v) is 9.03. The molecule has 35 heavy (non-hydrogen) atoms. The molecule has 3 rings (SSSR count). The molecule has 1 aliphatic rings. The molecule has 0 radical (unpaired) electrons. The van der Waals surface area contributed by atoms with Gasteiger partial charge in [-0.05, 0) is 50.1 Å². The highest BCUT2D eigenvalue weighted by atomic mass is 16.6. The van der Waals surface area contributed by atoms with Gasteiger partial charge < -0.3 is 25.4 Å². The summed E-state index contributed by atoms with van der Waals surface area (Å²) in [7, 11) is 1.58. The molecule has 0 bridgehead atoms. The van der Waals surface area contributed by atoms with Crippen molar-refractivity contribution in [2.45, 2.75) is 57.3 Å². The van der Waals surface area contributed by atoms with Crippen LogP contribution in [0.15, 0.2) is 54.6 Å². The summed E-state index contributed by atoms with van der Waals surface area (Å²) < 4.78 is 10.6. The summed E-state index contributed by atoms with van der Waals surface area (Å²) in [5, 5.41) is 8.81. The number of nitrogens with one attached hydrogen (secondary N) is 3. The molecule has 1 fully saturated rings.